The topological polar surface area (TPSA) is 97.5 Å². The zero-order chi connectivity index (χ0) is 28.9. The van der Waals surface area contributed by atoms with Gasteiger partial charge in [0, 0.05) is 29.4 Å². The van der Waals surface area contributed by atoms with E-state index in [1.807, 2.05) is 91.1 Å². The van der Waals surface area contributed by atoms with Crippen LogP contribution in [-0.4, -0.2) is 47.3 Å². The van der Waals surface area contributed by atoms with Crippen LogP contribution >= 0.6 is 0 Å². The van der Waals surface area contributed by atoms with Crippen LogP contribution in [0.5, 0.6) is 11.5 Å². The molecule has 0 saturated carbocycles. The van der Waals surface area contributed by atoms with Gasteiger partial charge < -0.3 is 9.47 Å². The summed E-state index contributed by atoms with van der Waals surface area (Å²) in [4.78, 5) is 28.1. The smallest absolute Gasteiger partial charge is 0.271 e. The Morgan fingerprint density at radius 2 is 1.51 bits per heavy atom. The van der Waals surface area contributed by atoms with E-state index in [0.717, 1.165) is 27.5 Å². The molecule has 2 amide bonds. The highest BCUT2D eigenvalue weighted by Gasteiger charge is 2.35. The Balaban J connectivity index is 1.56. The molecule has 0 unspecified atom stereocenters. The van der Waals surface area contributed by atoms with Gasteiger partial charge in [0.1, 0.15) is 23.1 Å². The summed E-state index contributed by atoms with van der Waals surface area (Å²) in [5.74, 6) is 0.393. The first kappa shape index (κ1) is 27.2. The molecule has 0 radical (unpaired) electrons. The zero-order valence-electron chi connectivity index (χ0n) is 23.0. The minimum Gasteiger partial charge on any atom is -0.497 e. The second-order valence-electron chi connectivity index (χ2n) is 9.47. The molecule has 8 nitrogen and oxygen atoms in total. The summed E-state index contributed by atoms with van der Waals surface area (Å²) < 4.78 is 12.3. The van der Waals surface area contributed by atoms with Gasteiger partial charge in [0.2, 0.25) is 0 Å². The van der Waals surface area contributed by atoms with Gasteiger partial charge in [0.05, 0.1) is 25.6 Å². The third-order valence-electron chi connectivity index (χ3n) is 7.04. The first-order valence-corrected chi connectivity index (χ1v) is 13.0. The maximum absolute atomic E-state index is 13.8. The van der Waals surface area contributed by atoms with Crippen molar-refractivity contribution in [2.24, 2.45) is 0 Å². The Morgan fingerprint density at radius 3 is 2.12 bits per heavy atom. The van der Waals surface area contributed by atoms with Crippen LogP contribution in [0, 0.1) is 11.3 Å². The fourth-order valence-corrected chi connectivity index (χ4v) is 4.70. The summed E-state index contributed by atoms with van der Waals surface area (Å²) in [6.07, 6.45) is 4.00. The van der Waals surface area contributed by atoms with Crippen molar-refractivity contribution in [1.29, 1.82) is 5.26 Å². The molecule has 1 aliphatic rings. The molecule has 0 aliphatic carbocycles. The van der Waals surface area contributed by atoms with Crippen LogP contribution in [0.1, 0.15) is 18.1 Å². The SMILES string of the molecule is COc1ccc(CCN2C(=O)C(C#N)=C(C)/C(=C\c3cn(-c4ccccc4)nc3-c3ccc(OC)cc3)C2=O)cc1. The molecule has 204 valence electrons. The third-order valence-corrected chi connectivity index (χ3v) is 7.04. The lowest BCUT2D eigenvalue weighted by molar-refractivity contribution is -0.140. The molecule has 0 spiro atoms. The number of methoxy groups -OCH3 is 2. The first-order chi connectivity index (χ1) is 19.9. The zero-order valence-corrected chi connectivity index (χ0v) is 23.0. The highest BCUT2D eigenvalue weighted by atomic mass is 16.5. The molecule has 5 rings (SSSR count). The average Bonchev–Trinajstić information content (AvgIpc) is 3.44. The highest BCUT2D eigenvalue weighted by Crippen LogP contribution is 2.32. The normalized spacial score (nSPS) is 14.4. The van der Waals surface area contributed by atoms with Crippen LogP contribution in [0.25, 0.3) is 23.0 Å². The first-order valence-electron chi connectivity index (χ1n) is 13.0. The molecule has 2 heterocycles. The minimum absolute atomic E-state index is 0.0490. The Labute approximate surface area is 238 Å². The molecule has 0 N–H and O–H groups in total. The van der Waals surface area contributed by atoms with Crippen molar-refractivity contribution in [3.8, 4) is 34.5 Å². The number of hydrogen-bond acceptors (Lipinski definition) is 6. The summed E-state index contributed by atoms with van der Waals surface area (Å²) in [5, 5.41) is 14.7. The molecule has 0 atom stereocenters. The van der Waals surface area contributed by atoms with E-state index in [4.69, 9.17) is 14.6 Å². The van der Waals surface area contributed by atoms with Gasteiger partial charge >= 0.3 is 0 Å². The fraction of sp³-hybridized carbons (Fsp3) is 0.152. The Hall–Kier alpha value is -5.42. The van der Waals surface area contributed by atoms with Crippen molar-refractivity contribution in [3.63, 3.8) is 0 Å². The Kier molecular flexibility index (Phi) is 7.79. The number of hydrogen-bond donors (Lipinski definition) is 0. The summed E-state index contributed by atoms with van der Waals surface area (Å²) in [5.41, 5.74) is 4.50. The van der Waals surface area contributed by atoms with Crippen molar-refractivity contribution in [1.82, 2.24) is 14.7 Å². The molecule has 0 fully saturated rings. The Morgan fingerprint density at radius 1 is 0.878 bits per heavy atom. The van der Waals surface area contributed by atoms with Crippen molar-refractivity contribution in [2.75, 3.05) is 20.8 Å². The molecule has 8 heteroatoms. The number of rotatable bonds is 8. The molecule has 4 aromatic rings. The summed E-state index contributed by atoms with van der Waals surface area (Å²) in [7, 11) is 3.20. The van der Waals surface area contributed by atoms with E-state index in [0.29, 0.717) is 29.0 Å². The molecular weight excluding hydrogens is 516 g/mol. The molecule has 3 aromatic carbocycles. The number of nitriles is 1. The van der Waals surface area contributed by atoms with E-state index in [1.54, 1.807) is 31.9 Å². The van der Waals surface area contributed by atoms with Crippen molar-refractivity contribution < 1.29 is 19.1 Å². The number of carbonyl (C=O) groups excluding carboxylic acids is 2. The molecule has 1 aliphatic heterocycles. The van der Waals surface area contributed by atoms with Gasteiger partial charge in [-0.3, -0.25) is 14.5 Å². The molecule has 0 bridgehead atoms. The highest BCUT2D eigenvalue weighted by molar-refractivity contribution is 6.19. The lowest BCUT2D eigenvalue weighted by Crippen LogP contribution is -2.43. The third kappa shape index (κ3) is 5.52. The van der Waals surface area contributed by atoms with Crippen LogP contribution in [0.15, 0.2) is 102 Å². The van der Waals surface area contributed by atoms with Crippen molar-refractivity contribution >= 4 is 17.9 Å². The van der Waals surface area contributed by atoms with Crippen LogP contribution in [0.2, 0.25) is 0 Å². The number of ether oxygens (including phenoxy) is 2. The van der Waals surface area contributed by atoms with E-state index >= 15 is 0 Å². The van der Waals surface area contributed by atoms with E-state index in [2.05, 4.69) is 0 Å². The lowest BCUT2D eigenvalue weighted by atomic mass is 9.93. The van der Waals surface area contributed by atoms with E-state index in [9.17, 15) is 14.9 Å². The lowest BCUT2D eigenvalue weighted by Gasteiger charge is -2.27. The van der Waals surface area contributed by atoms with E-state index in [1.165, 1.54) is 0 Å². The number of imide groups is 1. The number of benzene rings is 3. The summed E-state index contributed by atoms with van der Waals surface area (Å²) >= 11 is 0. The van der Waals surface area contributed by atoms with E-state index in [-0.39, 0.29) is 17.7 Å². The molecular formula is C33H28N4O4. The van der Waals surface area contributed by atoms with Crippen LogP contribution < -0.4 is 9.47 Å². The standard InChI is InChI=1S/C33H28N4O4/c1-22-29(32(38)36(33(39)30(22)20-34)18-17-23-9-13-27(40-2)14-10-23)19-25-21-37(26-7-5-4-6-8-26)35-31(25)24-11-15-28(41-3)16-12-24/h4-16,19,21H,17-18H2,1-3H3/b29-19+. The number of aromatic nitrogens is 2. The maximum Gasteiger partial charge on any atom is 0.271 e. The average molecular weight is 545 g/mol. The largest absolute Gasteiger partial charge is 0.497 e. The van der Waals surface area contributed by atoms with Crippen molar-refractivity contribution in [3.05, 3.63) is 113 Å². The van der Waals surface area contributed by atoms with Gasteiger partial charge in [-0.25, -0.2) is 4.68 Å². The van der Waals surface area contributed by atoms with Gasteiger partial charge in [-0.2, -0.15) is 10.4 Å². The van der Waals surface area contributed by atoms with Gasteiger partial charge in [-0.15, -0.1) is 0 Å². The maximum atomic E-state index is 13.8. The number of carbonyl (C=O) groups is 2. The van der Waals surface area contributed by atoms with Crippen LogP contribution in [0.3, 0.4) is 0 Å². The predicted octanol–water partition coefficient (Wildman–Crippen LogP) is 5.39. The monoisotopic (exact) mass is 544 g/mol. The molecule has 41 heavy (non-hydrogen) atoms. The van der Waals surface area contributed by atoms with Crippen LogP contribution in [-0.2, 0) is 16.0 Å². The summed E-state index contributed by atoms with van der Waals surface area (Å²) in [6, 6.07) is 26.6. The van der Waals surface area contributed by atoms with Gasteiger partial charge in [0.15, 0.2) is 0 Å². The van der Waals surface area contributed by atoms with Gasteiger partial charge in [-0.1, -0.05) is 30.3 Å². The Bertz CT molecular complexity index is 1690. The second kappa shape index (κ2) is 11.8. The van der Waals surface area contributed by atoms with Crippen LogP contribution in [0.4, 0.5) is 0 Å². The van der Waals surface area contributed by atoms with Gasteiger partial charge in [-0.05, 0) is 79.1 Å². The molecule has 1 aromatic heterocycles. The summed E-state index contributed by atoms with van der Waals surface area (Å²) in [6.45, 7) is 1.77. The minimum atomic E-state index is -0.587. The second-order valence-corrected chi connectivity index (χ2v) is 9.47. The van der Waals surface area contributed by atoms with Gasteiger partial charge in [0.25, 0.3) is 11.8 Å². The predicted molar refractivity (Wildman–Crippen MR) is 155 cm³/mol. The van der Waals surface area contributed by atoms with Crippen molar-refractivity contribution in [2.45, 2.75) is 13.3 Å². The fourth-order valence-electron chi connectivity index (χ4n) is 4.70. The number of para-hydroxylation sites is 1. The number of amides is 2. The quantitative estimate of drug-likeness (QED) is 0.218. The van der Waals surface area contributed by atoms with E-state index < -0.39 is 11.8 Å². The number of nitrogens with zero attached hydrogens (tertiary/aromatic N) is 4. The molecule has 0 saturated heterocycles.